The number of hydrogen-bond acceptors (Lipinski definition) is 0. The first-order chi connectivity index (χ1) is 26.8. The summed E-state index contributed by atoms with van der Waals surface area (Å²) in [6.45, 7) is 0. The van der Waals surface area contributed by atoms with Crippen LogP contribution < -0.4 is 0 Å². The molecule has 2 aliphatic carbocycles. The Kier molecular flexibility index (Phi) is 7.10. The van der Waals surface area contributed by atoms with E-state index in [-0.39, 0.29) is 11.8 Å². The van der Waals surface area contributed by atoms with Gasteiger partial charge in [0, 0.05) is 11.8 Å². The average molecular weight is 685 g/mol. The topological polar surface area (TPSA) is 0 Å². The van der Waals surface area contributed by atoms with Gasteiger partial charge in [-0.25, -0.2) is 0 Å². The lowest BCUT2D eigenvalue weighted by Gasteiger charge is -2.23. The lowest BCUT2D eigenvalue weighted by molar-refractivity contribution is 0.938. The van der Waals surface area contributed by atoms with Gasteiger partial charge in [0.2, 0.25) is 0 Å². The van der Waals surface area contributed by atoms with Crippen molar-refractivity contribution in [3.05, 3.63) is 240 Å². The first-order valence-corrected chi connectivity index (χ1v) is 19.0. The molecule has 9 aromatic carbocycles. The molecule has 0 bridgehead atoms. The fourth-order valence-electron chi connectivity index (χ4n) is 9.39. The highest BCUT2D eigenvalue weighted by Crippen LogP contribution is 2.58. The van der Waals surface area contributed by atoms with Gasteiger partial charge < -0.3 is 0 Å². The Balaban J connectivity index is 1.14. The smallest absolute Gasteiger partial charge is 0.0356 e. The van der Waals surface area contributed by atoms with Crippen molar-refractivity contribution in [2.75, 3.05) is 0 Å². The van der Waals surface area contributed by atoms with Crippen molar-refractivity contribution in [3.8, 4) is 55.6 Å². The first-order valence-electron chi connectivity index (χ1n) is 19.0. The summed E-state index contributed by atoms with van der Waals surface area (Å²) < 4.78 is 0. The molecule has 2 unspecified atom stereocenters. The fourth-order valence-corrected chi connectivity index (χ4v) is 9.39. The van der Waals surface area contributed by atoms with Crippen LogP contribution >= 0.6 is 0 Å². The summed E-state index contributed by atoms with van der Waals surface area (Å²) in [5, 5.41) is 2.52. The molecule has 9 aromatic rings. The molecule has 0 heteroatoms. The van der Waals surface area contributed by atoms with Crippen LogP contribution in [-0.4, -0.2) is 0 Å². The van der Waals surface area contributed by atoms with Crippen LogP contribution in [0.15, 0.2) is 206 Å². The molecule has 54 heavy (non-hydrogen) atoms. The predicted molar refractivity (Wildman–Crippen MR) is 226 cm³/mol. The van der Waals surface area contributed by atoms with Gasteiger partial charge in [-0.1, -0.05) is 188 Å². The van der Waals surface area contributed by atoms with Gasteiger partial charge in [0.25, 0.3) is 0 Å². The van der Waals surface area contributed by atoms with Crippen molar-refractivity contribution in [1.82, 2.24) is 0 Å². The molecule has 0 radical (unpaired) electrons. The number of hydrogen-bond donors (Lipinski definition) is 0. The highest BCUT2D eigenvalue weighted by molar-refractivity contribution is 5.92. The minimum absolute atomic E-state index is 0.0813. The van der Waals surface area contributed by atoms with Crippen LogP contribution in [0.5, 0.6) is 0 Å². The van der Waals surface area contributed by atoms with Gasteiger partial charge in [0.15, 0.2) is 0 Å². The van der Waals surface area contributed by atoms with Crippen LogP contribution in [0, 0.1) is 0 Å². The molecule has 0 fully saturated rings. The lowest BCUT2D eigenvalue weighted by atomic mass is 9.79. The molecule has 11 rings (SSSR count). The molecule has 0 saturated heterocycles. The normalized spacial score (nSPS) is 15.0. The molecule has 0 saturated carbocycles. The quantitative estimate of drug-likeness (QED) is 0.169. The summed E-state index contributed by atoms with van der Waals surface area (Å²) in [7, 11) is 0. The van der Waals surface area contributed by atoms with Crippen LogP contribution in [0.25, 0.3) is 66.4 Å². The second-order valence-corrected chi connectivity index (χ2v) is 14.8. The Hall–Kier alpha value is -6.76. The van der Waals surface area contributed by atoms with Gasteiger partial charge in [0.05, 0.1) is 0 Å². The van der Waals surface area contributed by atoms with Crippen LogP contribution in [0.1, 0.15) is 45.2 Å². The van der Waals surface area contributed by atoms with Crippen molar-refractivity contribution in [2.24, 2.45) is 0 Å². The van der Waals surface area contributed by atoms with Crippen LogP contribution in [0.2, 0.25) is 0 Å². The van der Waals surface area contributed by atoms with Crippen molar-refractivity contribution in [3.63, 3.8) is 0 Å². The zero-order valence-corrected chi connectivity index (χ0v) is 29.8. The Morgan fingerprint density at radius 2 is 0.722 bits per heavy atom. The zero-order chi connectivity index (χ0) is 35.6. The van der Waals surface area contributed by atoms with E-state index in [1.54, 1.807) is 0 Å². The Bertz CT molecular complexity index is 2880. The third-order valence-electron chi connectivity index (χ3n) is 11.8. The predicted octanol–water partition coefficient (Wildman–Crippen LogP) is 14.2. The van der Waals surface area contributed by atoms with Crippen molar-refractivity contribution in [1.29, 1.82) is 0 Å². The van der Waals surface area contributed by atoms with Crippen molar-refractivity contribution >= 4 is 10.8 Å². The summed E-state index contributed by atoms with van der Waals surface area (Å²) in [6.07, 6.45) is 0. The summed E-state index contributed by atoms with van der Waals surface area (Å²) in [6, 6.07) is 76.8. The highest BCUT2D eigenvalue weighted by atomic mass is 14.4. The second kappa shape index (κ2) is 12.4. The van der Waals surface area contributed by atoms with E-state index in [1.807, 2.05) is 0 Å². The minimum atomic E-state index is 0.0813. The average Bonchev–Trinajstić information content (AvgIpc) is 3.77. The van der Waals surface area contributed by atoms with Gasteiger partial charge in [-0.3, -0.25) is 0 Å². The van der Waals surface area contributed by atoms with E-state index in [1.165, 1.54) is 99.8 Å². The first kappa shape index (κ1) is 30.8. The molecule has 0 aromatic heterocycles. The molecule has 0 heterocycles. The van der Waals surface area contributed by atoms with Crippen molar-refractivity contribution in [2.45, 2.75) is 11.8 Å². The van der Waals surface area contributed by atoms with Gasteiger partial charge >= 0.3 is 0 Å². The van der Waals surface area contributed by atoms with E-state index in [9.17, 15) is 0 Å². The highest BCUT2D eigenvalue weighted by Gasteiger charge is 2.40. The minimum Gasteiger partial charge on any atom is -0.0622 e. The van der Waals surface area contributed by atoms with Gasteiger partial charge in [0.1, 0.15) is 0 Å². The molecular formula is C54H36. The molecule has 252 valence electrons. The van der Waals surface area contributed by atoms with E-state index in [4.69, 9.17) is 0 Å². The maximum Gasteiger partial charge on any atom is 0.0356 e. The Labute approximate surface area is 316 Å². The molecule has 0 amide bonds. The van der Waals surface area contributed by atoms with E-state index in [2.05, 4.69) is 206 Å². The zero-order valence-electron chi connectivity index (χ0n) is 29.8. The largest absolute Gasteiger partial charge is 0.0622 e. The molecule has 0 nitrogen and oxygen atoms in total. The van der Waals surface area contributed by atoms with Crippen LogP contribution in [0.4, 0.5) is 0 Å². The fraction of sp³-hybridized carbons (Fsp3) is 0.0370. The summed E-state index contributed by atoms with van der Waals surface area (Å²) in [5.41, 5.74) is 21.1. The molecule has 2 aliphatic rings. The Morgan fingerprint density at radius 1 is 0.241 bits per heavy atom. The monoisotopic (exact) mass is 684 g/mol. The maximum absolute atomic E-state index is 2.47. The van der Waals surface area contributed by atoms with Gasteiger partial charge in [-0.05, 0) is 118 Å². The third kappa shape index (κ3) is 4.91. The number of rotatable bonds is 5. The van der Waals surface area contributed by atoms with Gasteiger partial charge in [-0.15, -0.1) is 0 Å². The van der Waals surface area contributed by atoms with E-state index in [0.29, 0.717) is 0 Å². The third-order valence-corrected chi connectivity index (χ3v) is 11.8. The number of benzene rings is 9. The summed E-state index contributed by atoms with van der Waals surface area (Å²) >= 11 is 0. The second-order valence-electron chi connectivity index (χ2n) is 14.8. The molecule has 0 aliphatic heterocycles. The molecule has 0 spiro atoms. The van der Waals surface area contributed by atoms with E-state index in [0.717, 1.165) is 0 Å². The molecular weight excluding hydrogens is 649 g/mol. The van der Waals surface area contributed by atoms with E-state index >= 15 is 0 Å². The SMILES string of the molecule is c1ccc(-c2cc(-c3cccc(-c4ccc5ccccc5c4)c3)cc(C3c4ccccc4-c4ccc5c(c43)C(c3ccccc3)c3ccccc3-5)c2)cc1. The van der Waals surface area contributed by atoms with Crippen molar-refractivity contribution < 1.29 is 0 Å². The number of fused-ring (bicyclic) bond motifs is 8. The lowest BCUT2D eigenvalue weighted by Crippen LogP contribution is -2.07. The van der Waals surface area contributed by atoms with Gasteiger partial charge in [-0.2, -0.15) is 0 Å². The molecule has 2 atom stereocenters. The summed E-state index contributed by atoms with van der Waals surface area (Å²) in [5.74, 6) is 0.248. The standard InChI is InChI=1S/C54H36/c1-3-14-35(15-4-1)42-32-43(40-21-13-20-39(31-40)41-27-26-36-16-7-8-19-38(36)30-41)34-44(33-42)52-48-25-12-10-23-46(48)50-29-28-49-45-22-9-11-24-47(45)51(53(49)54(50)52)37-17-5-2-6-18-37/h1-34,51-52H. The Morgan fingerprint density at radius 3 is 1.41 bits per heavy atom. The summed E-state index contributed by atoms with van der Waals surface area (Å²) in [4.78, 5) is 0. The maximum atomic E-state index is 2.47. The van der Waals surface area contributed by atoms with Crippen LogP contribution in [0.3, 0.4) is 0 Å². The van der Waals surface area contributed by atoms with Crippen LogP contribution in [-0.2, 0) is 0 Å². The van der Waals surface area contributed by atoms with E-state index < -0.39 is 0 Å². The molecule has 0 N–H and O–H groups in total.